The SMILES string of the molecule is C[C@H]1CCCN(c2ccc(C(=O)O[C@@H](C)C(=O)N3CCCC3)cc2[N+](=O)[O-])C1. The average Bonchev–Trinajstić information content (AvgIpc) is 3.21. The van der Waals surface area contributed by atoms with E-state index < -0.39 is 17.0 Å². The normalized spacial score (nSPS) is 20.7. The number of benzene rings is 1. The molecule has 0 saturated carbocycles. The van der Waals surface area contributed by atoms with Gasteiger partial charge in [0.15, 0.2) is 6.10 Å². The van der Waals surface area contributed by atoms with Gasteiger partial charge in [-0.05, 0) is 50.7 Å². The Morgan fingerprint density at radius 2 is 1.93 bits per heavy atom. The molecule has 28 heavy (non-hydrogen) atoms. The van der Waals surface area contributed by atoms with Crippen molar-refractivity contribution in [1.29, 1.82) is 0 Å². The Kier molecular flexibility index (Phi) is 6.16. The van der Waals surface area contributed by atoms with Gasteiger partial charge >= 0.3 is 5.97 Å². The fraction of sp³-hybridized carbons (Fsp3) is 0.600. The van der Waals surface area contributed by atoms with Gasteiger partial charge in [0.25, 0.3) is 11.6 Å². The minimum atomic E-state index is -0.910. The molecule has 1 aromatic rings. The van der Waals surface area contributed by atoms with Crippen molar-refractivity contribution in [2.75, 3.05) is 31.1 Å². The highest BCUT2D eigenvalue weighted by molar-refractivity contribution is 5.93. The van der Waals surface area contributed by atoms with Gasteiger partial charge in [-0.15, -0.1) is 0 Å². The summed E-state index contributed by atoms with van der Waals surface area (Å²) in [4.78, 5) is 39.6. The molecule has 2 aliphatic rings. The van der Waals surface area contributed by atoms with Gasteiger partial charge in [0.05, 0.1) is 10.5 Å². The lowest BCUT2D eigenvalue weighted by atomic mass is 9.99. The van der Waals surface area contributed by atoms with Crippen molar-refractivity contribution in [1.82, 2.24) is 4.90 Å². The molecule has 0 bridgehead atoms. The lowest BCUT2D eigenvalue weighted by Crippen LogP contribution is -2.38. The van der Waals surface area contributed by atoms with Crippen molar-refractivity contribution in [3.63, 3.8) is 0 Å². The Hall–Kier alpha value is -2.64. The first-order valence-corrected chi connectivity index (χ1v) is 9.90. The summed E-state index contributed by atoms with van der Waals surface area (Å²) in [5, 5.41) is 11.6. The number of carbonyl (C=O) groups is 2. The highest BCUT2D eigenvalue weighted by Crippen LogP contribution is 2.32. The predicted octanol–water partition coefficient (Wildman–Crippen LogP) is 3.00. The Morgan fingerprint density at radius 3 is 2.57 bits per heavy atom. The zero-order chi connectivity index (χ0) is 20.3. The number of anilines is 1. The number of likely N-dealkylation sites (tertiary alicyclic amines) is 1. The summed E-state index contributed by atoms with van der Waals surface area (Å²) in [5.74, 6) is -0.476. The second-order valence-electron chi connectivity index (χ2n) is 7.73. The van der Waals surface area contributed by atoms with Crippen LogP contribution in [0.2, 0.25) is 0 Å². The van der Waals surface area contributed by atoms with Crippen LogP contribution in [0, 0.1) is 16.0 Å². The monoisotopic (exact) mass is 389 g/mol. The Labute approximate surface area is 164 Å². The molecule has 2 saturated heterocycles. The van der Waals surface area contributed by atoms with Gasteiger partial charge in [-0.2, -0.15) is 0 Å². The van der Waals surface area contributed by atoms with Gasteiger partial charge in [-0.25, -0.2) is 4.79 Å². The smallest absolute Gasteiger partial charge is 0.339 e. The number of rotatable bonds is 5. The van der Waals surface area contributed by atoms with Crippen molar-refractivity contribution >= 4 is 23.3 Å². The molecule has 0 N–H and O–H groups in total. The largest absolute Gasteiger partial charge is 0.449 e. The van der Waals surface area contributed by atoms with Crippen LogP contribution < -0.4 is 4.90 Å². The fourth-order valence-corrected chi connectivity index (χ4v) is 3.95. The van der Waals surface area contributed by atoms with Gasteiger partial charge in [-0.3, -0.25) is 14.9 Å². The highest BCUT2D eigenvalue weighted by atomic mass is 16.6. The molecule has 8 heteroatoms. The third kappa shape index (κ3) is 4.43. The van der Waals surface area contributed by atoms with Gasteiger partial charge < -0.3 is 14.5 Å². The molecule has 2 fully saturated rings. The molecule has 0 aliphatic carbocycles. The summed E-state index contributed by atoms with van der Waals surface area (Å²) >= 11 is 0. The third-order valence-corrected chi connectivity index (χ3v) is 5.45. The Balaban J connectivity index is 1.74. The molecule has 2 heterocycles. The van der Waals surface area contributed by atoms with E-state index in [-0.39, 0.29) is 17.2 Å². The quantitative estimate of drug-likeness (QED) is 0.437. The predicted molar refractivity (Wildman–Crippen MR) is 104 cm³/mol. The lowest BCUT2D eigenvalue weighted by molar-refractivity contribution is -0.384. The summed E-state index contributed by atoms with van der Waals surface area (Å²) in [5.41, 5.74) is 0.498. The number of piperidine rings is 1. The number of amides is 1. The van der Waals surface area contributed by atoms with E-state index in [4.69, 9.17) is 4.74 Å². The highest BCUT2D eigenvalue weighted by Gasteiger charge is 2.28. The standard InChI is InChI=1S/C20H27N3O5/c1-14-6-5-11-22(13-14)17-8-7-16(12-18(17)23(26)27)20(25)28-15(2)19(24)21-9-3-4-10-21/h7-8,12,14-15H,3-6,9-11,13H2,1-2H3/t14-,15-/m0/s1. The number of ether oxygens (including phenoxy) is 1. The van der Waals surface area contributed by atoms with E-state index in [0.717, 1.165) is 38.8 Å². The summed E-state index contributed by atoms with van der Waals surface area (Å²) < 4.78 is 5.28. The molecule has 0 aromatic heterocycles. The van der Waals surface area contributed by atoms with Crippen LogP contribution in [-0.4, -0.2) is 54.0 Å². The topological polar surface area (TPSA) is 93.0 Å². The van der Waals surface area contributed by atoms with Gasteiger partial charge in [0, 0.05) is 32.2 Å². The zero-order valence-electron chi connectivity index (χ0n) is 16.4. The molecular weight excluding hydrogens is 362 g/mol. The van der Waals surface area contributed by atoms with Gasteiger partial charge in [0.2, 0.25) is 0 Å². The summed E-state index contributed by atoms with van der Waals surface area (Å²) in [6, 6.07) is 4.40. The maximum atomic E-state index is 12.5. The number of nitrogens with zero attached hydrogens (tertiary/aromatic N) is 3. The van der Waals surface area contributed by atoms with Crippen molar-refractivity contribution in [3.8, 4) is 0 Å². The molecule has 152 valence electrons. The van der Waals surface area contributed by atoms with Crippen LogP contribution in [0.4, 0.5) is 11.4 Å². The number of hydrogen-bond donors (Lipinski definition) is 0. The molecule has 2 aliphatic heterocycles. The lowest BCUT2D eigenvalue weighted by Gasteiger charge is -2.32. The van der Waals surface area contributed by atoms with E-state index in [9.17, 15) is 19.7 Å². The van der Waals surface area contributed by atoms with Crippen molar-refractivity contribution in [2.45, 2.75) is 45.6 Å². The number of nitro groups is 1. The molecule has 1 aromatic carbocycles. The first-order valence-electron chi connectivity index (χ1n) is 9.90. The third-order valence-electron chi connectivity index (χ3n) is 5.45. The first-order chi connectivity index (χ1) is 13.4. The van der Waals surface area contributed by atoms with Crippen LogP contribution in [0.5, 0.6) is 0 Å². The Morgan fingerprint density at radius 1 is 1.21 bits per heavy atom. The van der Waals surface area contributed by atoms with E-state index in [1.165, 1.54) is 19.1 Å². The maximum Gasteiger partial charge on any atom is 0.339 e. The van der Waals surface area contributed by atoms with Gasteiger partial charge in [-0.1, -0.05) is 6.92 Å². The van der Waals surface area contributed by atoms with Gasteiger partial charge in [0.1, 0.15) is 5.69 Å². The maximum absolute atomic E-state index is 12.5. The van der Waals surface area contributed by atoms with Crippen LogP contribution in [-0.2, 0) is 9.53 Å². The molecule has 1 amide bonds. The second-order valence-corrected chi connectivity index (χ2v) is 7.73. The molecule has 0 spiro atoms. The van der Waals surface area contributed by atoms with Crippen molar-refractivity contribution in [3.05, 3.63) is 33.9 Å². The van der Waals surface area contributed by atoms with Crippen LogP contribution >= 0.6 is 0 Å². The number of nitro benzene ring substituents is 1. The number of esters is 1. The van der Waals surface area contributed by atoms with Crippen LogP contribution in [0.25, 0.3) is 0 Å². The van der Waals surface area contributed by atoms with E-state index >= 15 is 0 Å². The van der Waals surface area contributed by atoms with E-state index in [0.29, 0.717) is 24.7 Å². The average molecular weight is 389 g/mol. The van der Waals surface area contributed by atoms with Crippen LogP contribution in [0.1, 0.15) is 49.9 Å². The van der Waals surface area contributed by atoms with Crippen LogP contribution in [0.15, 0.2) is 18.2 Å². The number of carbonyl (C=O) groups excluding carboxylic acids is 2. The fourth-order valence-electron chi connectivity index (χ4n) is 3.95. The van der Waals surface area contributed by atoms with E-state index in [1.54, 1.807) is 11.0 Å². The summed E-state index contributed by atoms with van der Waals surface area (Å²) in [7, 11) is 0. The second kappa shape index (κ2) is 8.58. The summed E-state index contributed by atoms with van der Waals surface area (Å²) in [6.07, 6.45) is 3.09. The first kappa shape index (κ1) is 20.1. The van der Waals surface area contributed by atoms with Crippen LogP contribution in [0.3, 0.4) is 0 Å². The minimum Gasteiger partial charge on any atom is -0.449 e. The summed E-state index contributed by atoms with van der Waals surface area (Å²) in [6.45, 7) is 6.53. The zero-order valence-corrected chi connectivity index (χ0v) is 16.4. The molecular formula is C20H27N3O5. The van der Waals surface area contributed by atoms with Crippen molar-refractivity contribution in [2.24, 2.45) is 5.92 Å². The number of hydrogen-bond acceptors (Lipinski definition) is 6. The molecule has 3 rings (SSSR count). The minimum absolute atomic E-state index is 0.0848. The Bertz CT molecular complexity index is 760. The van der Waals surface area contributed by atoms with Crippen molar-refractivity contribution < 1.29 is 19.2 Å². The molecule has 2 atom stereocenters. The molecule has 8 nitrogen and oxygen atoms in total. The van der Waals surface area contributed by atoms with E-state index in [1.807, 2.05) is 4.90 Å². The molecule has 0 unspecified atom stereocenters. The molecule has 0 radical (unpaired) electrons. The van der Waals surface area contributed by atoms with E-state index in [2.05, 4.69) is 6.92 Å².